The summed E-state index contributed by atoms with van der Waals surface area (Å²) in [5.74, 6) is -0.186. The molecule has 0 atom stereocenters. The summed E-state index contributed by atoms with van der Waals surface area (Å²) in [4.78, 5) is 10.9. The van der Waals surface area contributed by atoms with Crippen LogP contribution in [-0.2, 0) is 9.53 Å². The number of carbonyl (C=O) groups is 1. The lowest BCUT2D eigenvalue weighted by Gasteiger charge is -2.00. The molecule has 0 aromatic heterocycles. The van der Waals surface area contributed by atoms with Gasteiger partial charge in [-0.1, -0.05) is 31.9 Å². The lowest BCUT2D eigenvalue weighted by Crippen LogP contribution is -1.96. The highest BCUT2D eigenvalue weighted by atomic mass is 16.5. The number of ether oxygens (including phenoxy) is 1. The first-order valence-electron chi connectivity index (χ1n) is 5.63. The number of carbonyl (C=O) groups excluding carboxylic acids is 1. The molecule has 0 aliphatic carbocycles. The van der Waals surface area contributed by atoms with Crippen LogP contribution in [0.15, 0.2) is 23.5 Å². The van der Waals surface area contributed by atoms with Gasteiger partial charge in [0.1, 0.15) is 0 Å². The standard InChI is InChI=1S/C13H22O2/c1-5-7-8-11(3)9-12(4)10-15-13(14)6-2/h9-10H,5-8H2,1-4H3/b11-9+,12-10+. The van der Waals surface area contributed by atoms with Crippen molar-refractivity contribution in [2.45, 2.75) is 53.4 Å². The molecule has 0 aromatic carbocycles. The van der Waals surface area contributed by atoms with E-state index in [4.69, 9.17) is 4.74 Å². The van der Waals surface area contributed by atoms with Crippen molar-refractivity contribution in [3.63, 3.8) is 0 Å². The van der Waals surface area contributed by atoms with Crippen molar-refractivity contribution in [1.29, 1.82) is 0 Å². The summed E-state index contributed by atoms with van der Waals surface area (Å²) in [6.07, 6.45) is 7.55. The maximum atomic E-state index is 10.9. The lowest BCUT2D eigenvalue weighted by molar-refractivity contribution is -0.137. The molecule has 15 heavy (non-hydrogen) atoms. The number of allylic oxidation sites excluding steroid dienone is 3. The highest BCUT2D eigenvalue weighted by Gasteiger charge is 1.95. The zero-order valence-corrected chi connectivity index (χ0v) is 10.3. The fraction of sp³-hybridized carbons (Fsp3) is 0.615. The van der Waals surface area contributed by atoms with Gasteiger partial charge in [-0.25, -0.2) is 0 Å². The Morgan fingerprint density at radius 2 is 1.93 bits per heavy atom. The van der Waals surface area contributed by atoms with Crippen LogP contribution in [0.2, 0.25) is 0 Å². The molecule has 0 spiro atoms. The molecular weight excluding hydrogens is 188 g/mol. The summed E-state index contributed by atoms with van der Waals surface area (Å²) in [5.41, 5.74) is 2.32. The van der Waals surface area contributed by atoms with Gasteiger partial charge >= 0.3 is 5.97 Å². The molecule has 0 saturated carbocycles. The molecule has 86 valence electrons. The average Bonchev–Trinajstić information content (AvgIpc) is 2.22. The van der Waals surface area contributed by atoms with E-state index in [2.05, 4.69) is 19.9 Å². The van der Waals surface area contributed by atoms with Gasteiger partial charge in [0.25, 0.3) is 0 Å². The monoisotopic (exact) mass is 210 g/mol. The first-order chi connectivity index (χ1) is 7.10. The van der Waals surface area contributed by atoms with Crippen molar-refractivity contribution in [2.24, 2.45) is 0 Å². The Hall–Kier alpha value is -1.05. The zero-order chi connectivity index (χ0) is 11.7. The molecule has 0 fully saturated rings. The minimum atomic E-state index is -0.186. The lowest BCUT2D eigenvalue weighted by atomic mass is 10.1. The number of hydrogen-bond donors (Lipinski definition) is 0. The summed E-state index contributed by atoms with van der Waals surface area (Å²) < 4.78 is 4.91. The summed E-state index contributed by atoms with van der Waals surface area (Å²) in [6.45, 7) is 8.01. The highest BCUT2D eigenvalue weighted by molar-refractivity contribution is 5.69. The van der Waals surface area contributed by atoms with Crippen LogP contribution in [0.3, 0.4) is 0 Å². The van der Waals surface area contributed by atoms with E-state index in [1.165, 1.54) is 24.7 Å². The first kappa shape index (κ1) is 13.9. The molecule has 2 nitrogen and oxygen atoms in total. The van der Waals surface area contributed by atoms with Gasteiger partial charge in [0, 0.05) is 6.42 Å². The maximum absolute atomic E-state index is 10.9. The Balaban J connectivity index is 4.08. The predicted molar refractivity (Wildman–Crippen MR) is 63.4 cm³/mol. The van der Waals surface area contributed by atoms with Gasteiger partial charge in [0.05, 0.1) is 6.26 Å². The average molecular weight is 210 g/mol. The fourth-order valence-corrected chi connectivity index (χ4v) is 1.19. The minimum Gasteiger partial charge on any atom is -0.434 e. The fourth-order valence-electron chi connectivity index (χ4n) is 1.19. The minimum absolute atomic E-state index is 0.186. The van der Waals surface area contributed by atoms with E-state index in [0.717, 1.165) is 12.0 Å². The SMILES string of the molecule is CCCC/C(C)=C/C(C)=C/OC(=O)CC. The quantitative estimate of drug-likeness (QED) is 0.376. The van der Waals surface area contributed by atoms with Crippen molar-refractivity contribution < 1.29 is 9.53 Å². The Morgan fingerprint density at radius 3 is 2.47 bits per heavy atom. The molecule has 0 aliphatic heterocycles. The van der Waals surface area contributed by atoms with Crippen molar-refractivity contribution in [1.82, 2.24) is 0 Å². The summed E-state index contributed by atoms with van der Waals surface area (Å²) in [7, 11) is 0. The van der Waals surface area contributed by atoms with E-state index in [9.17, 15) is 4.79 Å². The van der Waals surface area contributed by atoms with Crippen molar-refractivity contribution >= 4 is 5.97 Å². The van der Waals surface area contributed by atoms with Crippen LogP contribution in [0, 0.1) is 0 Å². The van der Waals surface area contributed by atoms with Gasteiger partial charge in [-0.05, 0) is 32.3 Å². The normalized spacial score (nSPS) is 12.8. The van der Waals surface area contributed by atoms with E-state index in [1.807, 2.05) is 6.92 Å². The van der Waals surface area contributed by atoms with Crippen LogP contribution in [0.4, 0.5) is 0 Å². The van der Waals surface area contributed by atoms with E-state index in [1.54, 1.807) is 6.92 Å². The van der Waals surface area contributed by atoms with E-state index in [0.29, 0.717) is 6.42 Å². The third-order valence-corrected chi connectivity index (χ3v) is 2.06. The maximum Gasteiger partial charge on any atom is 0.310 e. The van der Waals surface area contributed by atoms with E-state index in [-0.39, 0.29) is 5.97 Å². The second kappa shape index (κ2) is 8.27. The number of unbranched alkanes of at least 4 members (excludes halogenated alkanes) is 1. The Kier molecular flexibility index (Phi) is 7.69. The van der Waals surface area contributed by atoms with Crippen LogP contribution in [0.25, 0.3) is 0 Å². The first-order valence-corrected chi connectivity index (χ1v) is 5.63. The Labute approximate surface area is 93.0 Å². The van der Waals surface area contributed by atoms with Gasteiger partial charge in [-0.3, -0.25) is 4.79 Å². The molecule has 0 aromatic rings. The van der Waals surface area contributed by atoms with Gasteiger partial charge in [-0.2, -0.15) is 0 Å². The van der Waals surface area contributed by atoms with Crippen LogP contribution in [-0.4, -0.2) is 5.97 Å². The van der Waals surface area contributed by atoms with Gasteiger partial charge < -0.3 is 4.74 Å². The predicted octanol–water partition coefficient (Wildman–Crippen LogP) is 3.98. The van der Waals surface area contributed by atoms with Crippen molar-refractivity contribution in [3.05, 3.63) is 23.5 Å². The Morgan fingerprint density at radius 1 is 1.27 bits per heavy atom. The molecule has 2 heteroatoms. The molecule has 0 bridgehead atoms. The second-order valence-electron chi connectivity index (χ2n) is 3.80. The number of rotatable bonds is 6. The highest BCUT2D eigenvalue weighted by Crippen LogP contribution is 2.09. The van der Waals surface area contributed by atoms with E-state index >= 15 is 0 Å². The molecule has 0 radical (unpaired) electrons. The largest absolute Gasteiger partial charge is 0.434 e. The van der Waals surface area contributed by atoms with Crippen LogP contribution in [0.5, 0.6) is 0 Å². The third kappa shape index (κ3) is 7.98. The topological polar surface area (TPSA) is 26.3 Å². The molecule has 0 aliphatic rings. The summed E-state index contributed by atoms with van der Waals surface area (Å²) in [6, 6.07) is 0. The molecule has 0 saturated heterocycles. The summed E-state index contributed by atoms with van der Waals surface area (Å²) >= 11 is 0. The molecular formula is C13H22O2. The zero-order valence-electron chi connectivity index (χ0n) is 10.3. The number of esters is 1. The van der Waals surface area contributed by atoms with Crippen LogP contribution in [0.1, 0.15) is 53.4 Å². The van der Waals surface area contributed by atoms with Crippen LogP contribution < -0.4 is 0 Å². The van der Waals surface area contributed by atoms with Crippen molar-refractivity contribution in [2.75, 3.05) is 0 Å². The number of hydrogen-bond acceptors (Lipinski definition) is 2. The Bertz CT molecular complexity index is 249. The molecule has 0 amide bonds. The second-order valence-corrected chi connectivity index (χ2v) is 3.80. The molecule has 0 N–H and O–H groups in total. The van der Waals surface area contributed by atoms with Gasteiger partial charge in [-0.15, -0.1) is 0 Å². The van der Waals surface area contributed by atoms with Crippen molar-refractivity contribution in [3.8, 4) is 0 Å². The smallest absolute Gasteiger partial charge is 0.310 e. The molecule has 0 heterocycles. The van der Waals surface area contributed by atoms with Crippen LogP contribution >= 0.6 is 0 Å². The van der Waals surface area contributed by atoms with Gasteiger partial charge in [0.2, 0.25) is 0 Å². The molecule has 0 unspecified atom stereocenters. The van der Waals surface area contributed by atoms with Gasteiger partial charge in [0.15, 0.2) is 0 Å². The third-order valence-electron chi connectivity index (χ3n) is 2.06. The summed E-state index contributed by atoms with van der Waals surface area (Å²) in [5, 5.41) is 0. The van der Waals surface area contributed by atoms with E-state index < -0.39 is 0 Å². The molecule has 0 rings (SSSR count).